The molecular weight excluding hydrogens is 250 g/mol. The number of nitrogens with one attached hydrogen (secondary N) is 1. The van der Waals surface area contributed by atoms with E-state index in [4.69, 9.17) is 5.11 Å². The largest absolute Gasteiger partial charge is 0.396 e. The predicted molar refractivity (Wildman–Crippen MR) is 65.1 cm³/mol. The van der Waals surface area contributed by atoms with Crippen molar-refractivity contribution in [2.45, 2.75) is 32.4 Å². The van der Waals surface area contributed by atoms with Crippen molar-refractivity contribution in [2.24, 2.45) is 0 Å². The minimum atomic E-state index is -0.846. The fourth-order valence-electron chi connectivity index (χ4n) is 1.90. The van der Waals surface area contributed by atoms with Gasteiger partial charge >= 0.3 is 6.03 Å². The molecule has 2 heterocycles. The van der Waals surface area contributed by atoms with Crippen molar-refractivity contribution in [3.63, 3.8) is 0 Å². The summed E-state index contributed by atoms with van der Waals surface area (Å²) in [4.78, 5) is 24.7. The average Bonchev–Trinajstić information content (AvgIpc) is 2.83. The van der Waals surface area contributed by atoms with Crippen LogP contribution in [0.15, 0.2) is 6.20 Å². The standard InChI is InChI=1S/C11H17N5O3/c1-11(2)9(18)16(10(19)12-11)5-4-15-7-8(3-6-17)13-14-15/h7,17H,3-6H2,1-2H3,(H,12,19). The summed E-state index contributed by atoms with van der Waals surface area (Å²) in [5.41, 5.74) is -0.165. The lowest BCUT2D eigenvalue weighted by Crippen LogP contribution is -2.40. The molecule has 0 aromatic carbocycles. The van der Waals surface area contributed by atoms with Crippen LogP contribution in [0.3, 0.4) is 0 Å². The minimum absolute atomic E-state index is 0.0138. The first kappa shape index (κ1) is 13.5. The van der Waals surface area contributed by atoms with E-state index in [-0.39, 0.29) is 25.1 Å². The Bertz CT molecular complexity index is 496. The molecule has 0 unspecified atom stereocenters. The van der Waals surface area contributed by atoms with E-state index in [1.54, 1.807) is 24.7 Å². The van der Waals surface area contributed by atoms with Crippen LogP contribution in [0.25, 0.3) is 0 Å². The molecule has 8 nitrogen and oxygen atoms in total. The van der Waals surface area contributed by atoms with E-state index < -0.39 is 5.54 Å². The number of aliphatic hydroxyl groups excluding tert-OH is 1. The fraction of sp³-hybridized carbons (Fsp3) is 0.636. The molecule has 1 aromatic rings. The van der Waals surface area contributed by atoms with Gasteiger partial charge in [-0.3, -0.25) is 14.4 Å². The SMILES string of the molecule is CC1(C)NC(=O)N(CCn2cc(CCO)nn2)C1=O. The van der Waals surface area contributed by atoms with Gasteiger partial charge in [-0.25, -0.2) is 4.79 Å². The van der Waals surface area contributed by atoms with Gasteiger partial charge < -0.3 is 10.4 Å². The second kappa shape index (κ2) is 4.96. The summed E-state index contributed by atoms with van der Waals surface area (Å²) in [6.45, 7) is 3.98. The lowest BCUT2D eigenvalue weighted by atomic mass is 10.1. The van der Waals surface area contributed by atoms with Crippen LogP contribution < -0.4 is 5.32 Å². The molecule has 0 spiro atoms. The van der Waals surface area contributed by atoms with Crippen LogP contribution in [0.5, 0.6) is 0 Å². The highest BCUT2D eigenvalue weighted by atomic mass is 16.3. The Morgan fingerprint density at radius 2 is 2.11 bits per heavy atom. The van der Waals surface area contributed by atoms with Crippen molar-refractivity contribution in [1.29, 1.82) is 0 Å². The van der Waals surface area contributed by atoms with E-state index in [1.807, 2.05) is 0 Å². The molecule has 3 amide bonds. The van der Waals surface area contributed by atoms with E-state index in [0.717, 1.165) is 0 Å². The van der Waals surface area contributed by atoms with Crippen LogP contribution >= 0.6 is 0 Å². The van der Waals surface area contributed by atoms with Crippen LogP contribution in [-0.2, 0) is 17.8 Å². The third kappa shape index (κ3) is 2.73. The highest BCUT2D eigenvalue weighted by Gasteiger charge is 2.43. The first-order valence-corrected chi connectivity index (χ1v) is 6.08. The summed E-state index contributed by atoms with van der Waals surface area (Å²) in [5.74, 6) is -0.242. The van der Waals surface area contributed by atoms with Gasteiger partial charge in [0.05, 0.1) is 18.8 Å². The zero-order chi connectivity index (χ0) is 14.0. The Morgan fingerprint density at radius 3 is 2.68 bits per heavy atom. The van der Waals surface area contributed by atoms with Crippen molar-refractivity contribution in [3.05, 3.63) is 11.9 Å². The number of aromatic nitrogens is 3. The summed E-state index contributed by atoms with van der Waals surface area (Å²) in [7, 11) is 0. The molecule has 0 aliphatic carbocycles. The van der Waals surface area contributed by atoms with Crippen LogP contribution in [0.2, 0.25) is 0 Å². The van der Waals surface area contributed by atoms with Gasteiger partial charge in [-0.05, 0) is 13.8 Å². The van der Waals surface area contributed by atoms with Gasteiger partial charge in [-0.2, -0.15) is 0 Å². The molecule has 1 aliphatic heterocycles. The van der Waals surface area contributed by atoms with Gasteiger partial charge in [0.2, 0.25) is 0 Å². The van der Waals surface area contributed by atoms with Gasteiger partial charge in [0.15, 0.2) is 0 Å². The topological polar surface area (TPSA) is 100 Å². The molecule has 1 aliphatic rings. The fourth-order valence-corrected chi connectivity index (χ4v) is 1.90. The van der Waals surface area contributed by atoms with Crippen LogP contribution in [-0.4, -0.2) is 55.6 Å². The molecule has 104 valence electrons. The van der Waals surface area contributed by atoms with Crippen LogP contribution in [0, 0.1) is 0 Å². The van der Waals surface area contributed by atoms with E-state index in [9.17, 15) is 9.59 Å². The number of carbonyl (C=O) groups is 2. The molecule has 19 heavy (non-hydrogen) atoms. The smallest absolute Gasteiger partial charge is 0.325 e. The third-order valence-electron chi connectivity index (χ3n) is 2.95. The number of amides is 3. The summed E-state index contributed by atoms with van der Waals surface area (Å²) in [5, 5.41) is 19.1. The molecule has 0 radical (unpaired) electrons. The monoisotopic (exact) mass is 267 g/mol. The Kier molecular flexibility index (Phi) is 3.52. The molecule has 2 N–H and O–H groups in total. The average molecular weight is 267 g/mol. The number of hydrogen-bond acceptors (Lipinski definition) is 5. The summed E-state index contributed by atoms with van der Waals surface area (Å²) in [6, 6.07) is -0.384. The van der Waals surface area contributed by atoms with Gasteiger partial charge in [0.1, 0.15) is 5.54 Å². The second-order valence-electron chi connectivity index (χ2n) is 4.96. The Labute approximate surface area is 110 Å². The third-order valence-corrected chi connectivity index (χ3v) is 2.95. The van der Waals surface area contributed by atoms with Crippen molar-refractivity contribution in [1.82, 2.24) is 25.2 Å². The Morgan fingerprint density at radius 1 is 1.37 bits per heavy atom. The summed E-state index contributed by atoms with van der Waals surface area (Å²) < 4.78 is 1.55. The van der Waals surface area contributed by atoms with E-state index >= 15 is 0 Å². The predicted octanol–water partition coefficient (Wildman–Crippen LogP) is -0.857. The zero-order valence-electron chi connectivity index (χ0n) is 11.0. The Hall–Kier alpha value is -1.96. The number of aliphatic hydroxyl groups is 1. The van der Waals surface area contributed by atoms with Crippen molar-refractivity contribution >= 4 is 11.9 Å². The molecule has 2 rings (SSSR count). The molecule has 8 heteroatoms. The minimum Gasteiger partial charge on any atom is -0.396 e. The number of hydrogen-bond donors (Lipinski definition) is 2. The molecular formula is C11H17N5O3. The first-order valence-electron chi connectivity index (χ1n) is 6.08. The molecule has 1 saturated heterocycles. The number of carbonyl (C=O) groups excluding carboxylic acids is 2. The van der Waals surface area contributed by atoms with E-state index in [1.165, 1.54) is 4.90 Å². The first-order chi connectivity index (χ1) is 8.94. The van der Waals surface area contributed by atoms with Crippen LogP contribution in [0.4, 0.5) is 4.79 Å². The molecule has 0 atom stereocenters. The number of imide groups is 1. The quantitative estimate of drug-likeness (QED) is 0.676. The Balaban J connectivity index is 1.95. The lowest BCUT2D eigenvalue weighted by Gasteiger charge is -2.15. The van der Waals surface area contributed by atoms with E-state index in [0.29, 0.717) is 18.7 Å². The molecule has 0 bridgehead atoms. The number of nitrogens with zero attached hydrogens (tertiary/aromatic N) is 4. The van der Waals surface area contributed by atoms with Crippen LogP contribution in [0.1, 0.15) is 19.5 Å². The molecule has 0 saturated carbocycles. The van der Waals surface area contributed by atoms with Crippen molar-refractivity contribution in [2.75, 3.05) is 13.2 Å². The van der Waals surface area contributed by atoms with Crippen molar-refractivity contribution < 1.29 is 14.7 Å². The van der Waals surface area contributed by atoms with Gasteiger partial charge in [-0.15, -0.1) is 5.10 Å². The maximum absolute atomic E-state index is 11.9. The number of urea groups is 1. The second-order valence-corrected chi connectivity index (χ2v) is 4.96. The zero-order valence-corrected chi connectivity index (χ0v) is 11.0. The molecule has 1 fully saturated rings. The summed E-state index contributed by atoms with van der Waals surface area (Å²) in [6.07, 6.45) is 2.13. The molecule has 1 aromatic heterocycles. The van der Waals surface area contributed by atoms with Crippen molar-refractivity contribution in [3.8, 4) is 0 Å². The highest BCUT2D eigenvalue weighted by Crippen LogP contribution is 2.16. The van der Waals surface area contributed by atoms with Gasteiger partial charge in [0, 0.05) is 19.2 Å². The highest BCUT2D eigenvalue weighted by molar-refractivity contribution is 6.06. The summed E-state index contributed by atoms with van der Waals surface area (Å²) >= 11 is 0. The maximum atomic E-state index is 11.9. The maximum Gasteiger partial charge on any atom is 0.325 e. The van der Waals surface area contributed by atoms with E-state index in [2.05, 4.69) is 15.6 Å². The van der Waals surface area contributed by atoms with Gasteiger partial charge in [0.25, 0.3) is 5.91 Å². The lowest BCUT2D eigenvalue weighted by molar-refractivity contribution is -0.130. The number of rotatable bonds is 5. The van der Waals surface area contributed by atoms with Gasteiger partial charge in [-0.1, -0.05) is 5.21 Å². The normalized spacial score (nSPS) is 17.9.